The molecule has 1 aliphatic rings. The molecule has 4 aromatic rings. The Balaban J connectivity index is 1.51. The van der Waals surface area contributed by atoms with Crippen LogP contribution < -0.4 is 21.3 Å². The van der Waals surface area contributed by atoms with Crippen LogP contribution in [0.3, 0.4) is 0 Å². The van der Waals surface area contributed by atoms with Crippen LogP contribution in [0.1, 0.15) is 63.9 Å². The second kappa shape index (κ2) is 13.0. The Morgan fingerprint density at radius 1 is 1.23 bits per heavy atom. The van der Waals surface area contributed by atoms with Crippen molar-refractivity contribution in [1.82, 2.24) is 35.0 Å². The lowest BCUT2D eigenvalue weighted by atomic mass is 9.93. The van der Waals surface area contributed by atoms with E-state index in [9.17, 15) is 0 Å². The number of alkyl halides is 1. The lowest BCUT2D eigenvalue weighted by Crippen LogP contribution is -2.56. The van der Waals surface area contributed by atoms with Crippen LogP contribution in [-0.2, 0) is 6.54 Å². The second-order valence-electron chi connectivity index (χ2n) is 11.9. The highest BCUT2D eigenvalue weighted by atomic mass is 127. The molecule has 0 amide bonds. The third kappa shape index (κ3) is 6.98. The Hall–Kier alpha value is -3.58. The monoisotopic (exact) mass is 692 g/mol. The quantitative estimate of drug-likeness (QED) is 0.119. The van der Waals surface area contributed by atoms with Crippen molar-refractivity contribution in [1.29, 1.82) is 0 Å². The molecule has 0 spiro atoms. The number of nitrogens with two attached hydrogens (primary N) is 1. The fourth-order valence-corrected chi connectivity index (χ4v) is 6.59. The fourth-order valence-electron chi connectivity index (χ4n) is 5.59. The van der Waals surface area contributed by atoms with Crippen molar-refractivity contribution in [2.45, 2.75) is 63.0 Å². The standard InChI is InChI=1S/C32H41IN10/c1-20(2)23(14-27(34)39-31-37-19-43(41-31)17-22-10-8-7-9-11-22)29-38-25-16-36-15-24(21(3)4)28(25)30(40-29)42(6)26-12-13-35-18-32(26,5)33/h7-11,14-16,19,21,26,35H,12-13,17-18,34H2,1-6H3,(H,39,41)/b27-14+. The van der Waals surface area contributed by atoms with Gasteiger partial charge < -0.3 is 21.3 Å². The van der Waals surface area contributed by atoms with Gasteiger partial charge in [0.2, 0.25) is 5.95 Å². The summed E-state index contributed by atoms with van der Waals surface area (Å²) in [5, 5.41) is 12.3. The minimum atomic E-state index is 0.0394. The fraction of sp³-hybridized carbons (Fsp3) is 0.406. The Labute approximate surface area is 267 Å². The average Bonchev–Trinajstić information content (AvgIpc) is 3.40. The number of anilines is 2. The van der Waals surface area contributed by atoms with Crippen molar-refractivity contribution in [2.75, 3.05) is 30.4 Å². The van der Waals surface area contributed by atoms with Crippen LogP contribution in [-0.4, -0.2) is 59.3 Å². The van der Waals surface area contributed by atoms with Crippen LogP contribution in [0.5, 0.6) is 0 Å². The second-order valence-corrected chi connectivity index (χ2v) is 14.4. The smallest absolute Gasteiger partial charge is 0.247 e. The number of aromatic nitrogens is 6. The molecule has 2 atom stereocenters. The normalized spacial score (nSPS) is 19.1. The van der Waals surface area contributed by atoms with Gasteiger partial charge in [0.05, 0.1) is 21.7 Å². The number of allylic oxidation sites excluding steroid dienone is 3. The van der Waals surface area contributed by atoms with E-state index in [2.05, 4.69) is 93.1 Å². The van der Waals surface area contributed by atoms with E-state index in [-0.39, 0.29) is 9.34 Å². The van der Waals surface area contributed by atoms with E-state index >= 15 is 0 Å². The maximum absolute atomic E-state index is 6.51. The molecule has 11 heteroatoms. The van der Waals surface area contributed by atoms with Gasteiger partial charge in [-0.15, -0.1) is 5.10 Å². The van der Waals surface area contributed by atoms with E-state index in [1.165, 1.54) is 0 Å². The van der Waals surface area contributed by atoms with Crippen LogP contribution >= 0.6 is 22.6 Å². The molecule has 43 heavy (non-hydrogen) atoms. The van der Waals surface area contributed by atoms with Crippen molar-refractivity contribution in [3.8, 4) is 0 Å². The molecule has 0 bridgehead atoms. The van der Waals surface area contributed by atoms with E-state index in [1.807, 2.05) is 50.5 Å². The minimum absolute atomic E-state index is 0.0394. The molecule has 5 rings (SSSR count). The summed E-state index contributed by atoms with van der Waals surface area (Å²) in [5.74, 6) is 2.62. The van der Waals surface area contributed by atoms with Crippen molar-refractivity contribution >= 4 is 50.8 Å². The molecular weight excluding hydrogens is 651 g/mol. The van der Waals surface area contributed by atoms with E-state index in [4.69, 9.17) is 15.7 Å². The molecule has 0 aliphatic carbocycles. The topological polar surface area (TPSA) is 123 Å². The number of fused-ring (bicyclic) bond motifs is 1. The summed E-state index contributed by atoms with van der Waals surface area (Å²) >= 11 is 2.59. The maximum atomic E-state index is 6.51. The third-order valence-corrected chi connectivity index (χ3v) is 8.96. The first kappa shape index (κ1) is 30.9. The van der Waals surface area contributed by atoms with Gasteiger partial charge in [0.15, 0.2) is 5.82 Å². The Kier molecular flexibility index (Phi) is 9.30. The number of rotatable bonds is 9. The molecule has 2 unspecified atom stereocenters. The first-order valence-electron chi connectivity index (χ1n) is 14.7. The number of pyridine rings is 1. The molecule has 0 saturated carbocycles. The summed E-state index contributed by atoms with van der Waals surface area (Å²) in [7, 11) is 2.16. The molecule has 0 radical (unpaired) electrons. The molecule has 1 saturated heterocycles. The molecule has 4 heterocycles. The number of nitrogens with one attached hydrogen (secondary N) is 2. The summed E-state index contributed by atoms with van der Waals surface area (Å²) in [6, 6.07) is 10.4. The van der Waals surface area contributed by atoms with E-state index in [1.54, 1.807) is 11.0 Å². The highest BCUT2D eigenvalue weighted by Gasteiger charge is 2.38. The SMILES string of the molecule is CC(C)=C(/C=C(\N)Nc1ncn(Cc2ccccc2)n1)c1nc(N(C)C2CCNCC2(C)I)c2c(C(C)C)cncc2n1. The van der Waals surface area contributed by atoms with Gasteiger partial charge in [-0.25, -0.2) is 19.6 Å². The largest absolute Gasteiger partial charge is 0.385 e. The van der Waals surface area contributed by atoms with E-state index in [0.717, 1.165) is 58.5 Å². The van der Waals surface area contributed by atoms with Crippen molar-refractivity contribution in [2.24, 2.45) is 5.73 Å². The van der Waals surface area contributed by atoms with Gasteiger partial charge in [-0.2, -0.15) is 0 Å². The number of halogens is 1. The summed E-state index contributed by atoms with van der Waals surface area (Å²) in [4.78, 5) is 21.6. The number of hydrogen-bond donors (Lipinski definition) is 3. The van der Waals surface area contributed by atoms with Gasteiger partial charge >= 0.3 is 0 Å². The summed E-state index contributed by atoms with van der Waals surface area (Å²) in [6.07, 6.45) is 8.37. The zero-order valence-electron chi connectivity index (χ0n) is 25.8. The van der Waals surface area contributed by atoms with Crippen LogP contribution in [0.15, 0.2) is 66.5 Å². The average molecular weight is 693 g/mol. The number of benzene rings is 1. The van der Waals surface area contributed by atoms with E-state index < -0.39 is 0 Å². The van der Waals surface area contributed by atoms with Crippen LogP contribution in [0, 0.1) is 0 Å². The lowest BCUT2D eigenvalue weighted by Gasteiger charge is -2.43. The summed E-state index contributed by atoms with van der Waals surface area (Å²) < 4.78 is 1.82. The van der Waals surface area contributed by atoms with Gasteiger partial charge in [-0.1, -0.05) is 72.3 Å². The van der Waals surface area contributed by atoms with Crippen molar-refractivity contribution < 1.29 is 0 Å². The third-order valence-electron chi connectivity index (χ3n) is 7.86. The summed E-state index contributed by atoms with van der Waals surface area (Å²) in [6.45, 7) is 13.3. The van der Waals surface area contributed by atoms with Gasteiger partial charge in [-0.3, -0.25) is 4.98 Å². The Bertz CT molecular complexity index is 1640. The maximum Gasteiger partial charge on any atom is 0.247 e. The van der Waals surface area contributed by atoms with Crippen molar-refractivity contribution in [3.05, 3.63) is 83.5 Å². The molecule has 4 N–H and O–H groups in total. The van der Waals surface area contributed by atoms with Gasteiger partial charge in [0.1, 0.15) is 18.0 Å². The molecule has 1 aliphatic heterocycles. The van der Waals surface area contributed by atoms with Gasteiger partial charge in [0, 0.05) is 36.8 Å². The predicted octanol–water partition coefficient (Wildman–Crippen LogP) is 5.49. The molecule has 226 valence electrons. The molecule has 3 aromatic heterocycles. The first-order chi connectivity index (χ1) is 20.5. The number of piperidine rings is 1. The highest BCUT2D eigenvalue weighted by Crippen LogP contribution is 2.38. The number of nitrogens with zero attached hydrogens (tertiary/aromatic N) is 7. The zero-order valence-corrected chi connectivity index (χ0v) is 27.9. The zero-order chi connectivity index (χ0) is 30.7. The molecule has 1 fully saturated rings. The Morgan fingerprint density at radius 3 is 2.70 bits per heavy atom. The molecular formula is C32H41IN10. The van der Waals surface area contributed by atoms with Crippen LogP contribution in [0.2, 0.25) is 0 Å². The summed E-state index contributed by atoms with van der Waals surface area (Å²) in [5.41, 5.74) is 11.5. The first-order valence-corrected chi connectivity index (χ1v) is 15.7. The highest BCUT2D eigenvalue weighted by molar-refractivity contribution is 14.1. The lowest BCUT2D eigenvalue weighted by molar-refractivity contribution is 0.387. The van der Waals surface area contributed by atoms with E-state index in [0.29, 0.717) is 30.2 Å². The molecule has 1 aromatic carbocycles. The van der Waals surface area contributed by atoms with Crippen LogP contribution in [0.25, 0.3) is 16.5 Å². The molecule has 10 nitrogen and oxygen atoms in total. The van der Waals surface area contributed by atoms with Gasteiger partial charge in [0.25, 0.3) is 0 Å². The van der Waals surface area contributed by atoms with Crippen LogP contribution in [0.4, 0.5) is 11.8 Å². The predicted molar refractivity (Wildman–Crippen MR) is 183 cm³/mol. The van der Waals surface area contributed by atoms with Crippen molar-refractivity contribution in [3.63, 3.8) is 0 Å². The number of hydrogen-bond acceptors (Lipinski definition) is 9. The van der Waals surface area contributed by atoms with Gasteiger partial charge in [-0.05, 0) is 56.9 Å². The minimum Gasteiger partial charge on any atom is -0.385 e. The Morgan fingerprint density at radius 2 is 2.00 bits per heavy atom.